The highest BCUT2D eigenvalue weighted by atomic mass is 16.3. The van der Waals surface area contributed by atoms with Gasteiger partial charge in [0.25, 0.3) is 0 Å². The molecule has 1 unspecified atom stereocenters. The first-order chi connectivity index (χ1) is 7.33. The molecule has 1 aromatic rings. The smallest absolute Gasteiger partial charge is 0.0821 e. The van der Waals surface area contributed by atoms with E-state index in [-0.39, 0.29) is 6.10 Å². The summed E-state index contributed by atoms with van der Waals surface area (Å²) in [5, 5.41) is 10.3. The summed E-state index contributed by atoms with van der Waals surface area (Å²) in [7, 11) is 0. The van der Waals surface area contributed by atoms with Gasteiger partial charge in [0.05, 0.1) is 6.10 Å². The molecule has 2 rings (SSSR count). The Balaban J connectivity index is 2.19. The molecule has 82 valence electrons. The summed E-state index contributed by atoms with van der Waals surface area (Å²) >= 11 is 0. The standard InChI is InChI=1S/C13H19NO/c1-2-10-9-14-8-7-12(10)13(15)11-5-3-4-6-11/h7-9,11,13,15H,2-6H2,1H3. The second kappa shape index (κ2) is 4.75. The maximum absolute atomic E-state index is 10.3. The third-order valence-electron chi connectivity index (χ3n) is 3.49. The van der Waals surface area contributed by atoms with Crippen LogP contribution in [-0.4, -0.2) is 10.1 Å². The van der Waals surface area contributed by atoms with Gasteiger partial charge in [0.1, 0.15) is 0 Å². The summed E-state index contributed by atoms with van der Waals surface area (Å²) in [6.45, 7) is 2.11. The predicted octanol–water partition coefficient (Wildman–Crippen LogP) is 2.87. The topological polar surface area (TPSA) is 33.1 Å². The van der Waals surface area contributed by atoms with E-state index in [2.05, 4.69) is 11.9 Å². The molecule has 1 aliphatic rings. The molecule has 0 bridgehead atoms. The lowest BCUT2D eigenvalue weighted by atomic mass is 9.91. The summed E-state index contributed by atoms with van der Waals surface area (Å²) < 4.78 is 0. The monoisotopic (exact) mass is 205 g/mol. The summed E-state index contributed by atoms with van der Waals surface area (Å²) in [4.78, 5) is 4.11. The van der Waals surface area contributed by atoms with Gasteiger partial charge in [-0.05, 0) is 42.4 Å². The normalized spacial score (nSPS) is 19.3. The van der Waals surface area contributed by atoms with Crippen LogP contribution in [0.5, 0.6) is 0 Å². The van der Waals surface area contributed by atoms with Gasteiger partial charge in [-0.2, -0.15) is 0 Å². The number of aliphatic hydroxyl groups is 1. The van der Waals surface area contributed by atoms with E-state index in [1.807, 2.05) is 12.3 Å². The first kappa shape index (κ1) is 10.6. The van der Waals surface area contributed by atoms with Gasteiger partial charge in [-0.3, -0.25) is 4.98 Å². The van der Waals surface area contributed by atoms with Crippen LogP contribution in [0.1, 0.15) is 49.8 Å². The van der Waals surface area contributed by atoms with Crippen molar-refractivity contribution in [3.63, 3.8) is 0 Å². The maximum Gasteiger partial charge on any atom is 0.0821 e. The third-order valence-corrected chi connectivity index (χ3v) is 3.49. The molecule has 15 heavy (non-hydrogen) atoms. The first-order valence-corrected chi connectivity index (χ1v) is 5.93. The Morgan fingerprint density at radius 3 is 2.87 bits per heavy atom. The molecule has 2 heteroatoms. The number of aliphatic hydroxyl groups excluding tert-OH is 1. The molecule has 1 atom stereocenters. The molecule has 2 nitrogen and oxygen atoms in total. The van der Waals surface area contributed by atoms with Crippen LogP contribution in [0.4, 0.5) is 0 Å². The van der Waals surface area contributed by atoms with Crippen LogP contribution < -0.4 is 0 Å². The Kier molecular flexibility index (Phi) is 3.37. The van der Waals surface area contributed by atoms with E-state index in [1.54, 1.807) is 6.20 Å². The molecule has 1 aromatic heterocycles. The fourth-order valence-corrected chi connectivity index (χ4v) is 2.55. The number of rotatable bonds is 3. The van der Waals surface area contributed by atoms with Crippen molar-refractivity contribution in [1.29, 1.82) is 0 Å². The van der Waals surface area contributed by atoms with E-state index < -0.39 is 0 Å². The summed E-state index contributed by atoms with van der Waals surface area (Å²) in [6.07, 6.45) is 9.24. The molecule has 0 aromatic carbocycles. The van der Waals surface area contributed by atoms with E-state index >= 15 is 0 Å². The van der Waals surface area contributed by atoms with Gasteiger partial charge in [-0.15, -0.1) is 0 Å². The molecule has 0 spiro atoms. The SMILES string of the molecule is CCc1cnccc1C(O)C1CCCC1. The fourth-order valence-electron chi connectivity index (χ4n) is 2.55. The van der Waals surface area contributed by atoms with Gasteiger partial charge in [-0.25, -0.2) is 0 Å². The van der Waals surface area contributed by atoms with Gasteiger partial charge in [0.2, 0.25) is 0 Å². The van der Waals surface area contributed by atoms with Crippen molar-refractivity contribution in [3.05, 3.63) is 29.6 Å². The minimum Gasteiger partial charge on any atom is -0.388 e. The average molecular weight is 205 g/mol. The lowest BCUT2D eigenvalue weighted by molar-refractivity contribution is 0.110. The fraction of sp³-hybridized carbons (Fsp3) is 0.615. The number of aromatic nitrogens is 1. The molecule has 0 aliphatic heterocycles. The number of pyridine rings is 1. The zero-order chi connectivity index (χ0) is 10.7. The minimum atomic E-state index is -0.273. The van der Waals surface area contributed by atoms with E-state index in [4.69, 9.17) is 0 Å². The van der Waals surface area contributed by atoms with Crippen LogP contribution >= 0.6 is 0 Å². The van der Waals surface area contributed by atoms with Crippen LogP contribution in [-0.2, 0) is 6.42 Å². The number of hydrogen-bond donors (Lipinski definition) is 1. The van der Waals surface area contributed by atoms with E-state index in [1.165, 1.54) is 31.2 Å². The zero-order valence-electron chi connectivity index (χ0n) is 9.32. The molecule has 1 fully saturated rings. The average Bonchev–Trinajstić information content (AvgIpc) is 2.81. The molecule has 0 amide bonds. The van der Waals surface area contributed by atoms with Gasteiger partial charge in [0.15, 0.2) is 0 Å². The Labute approximate surface area is 91.4 Å². The van der Waals surface area contributed by atoms with Crippen LogP contribution in [0.3, 0.4) is 0 Å². The van der Waals surface area contributed by atoms with Crippen molar-refractivity contribution in [2.75, 3.05) is 0 Å². The lowest BCUT2D eigenvalue weighted by Gasteiger charge is -2.20. The van der Waals surface area contributed by atoms with Gasteiger partial charge in [0, 0.05) is 12.4 Å². The van der Waals surface area contributed by atoms with E-state index in [0.717, 1.165) is 12.0 Å². The van der Waals surface area contributed by atoms with Gasteiger partial charge in [-0.1, -0.05) is 19.8 Å². The number of nitrogens with zero attached hydrogens (tertiary/aromatic N) is 1. The van der Waals surface area contributed by atoms with Crippen LogP contribution in [0, 0.1) is 5.92 Å². The van der Waals surface area contributed by atoms with Crippen molar-refractivity contribution >= 4 is 0 Å². The molecular weight excluding hydrogens is 186 g/mol. The third kappa shape index (κ3) is 2.20. The van der Waals surface area contributed by atoms with E-state index in [9.17, 15) is 5.11 Å². The summed E-state index contributed by atoms with van der Waals surface area (Å²) in [5.74, 6) is 0.470. The Morgan fingerprint density at radius 1 is 1.47 bits per heavy atom. The lowest BCUT2D eigenvalue weighted by Crippen LogP contribution is -2.11. The molecule has 0 radical (unpaired) electrons. The Bertz CT molecular complexity index is 318. The van der Waals surface area contributed by atoms with Crippen molar-refractivity contribution in [2.24, 2.45) is 5.92 Å². The second-order valence-corrected chi connectivity index (χ2v) is 4.42. The highest BCUT2D eigenvalue weighted by Crippen LogP contribution is 2.36. The number of hydrogen-bond acceptors (Lipinski definition) is 2. The van der Waals surface area contributed by atoms with Crippen molar-refractivity contribution < 1.29 is 5.11 Å². The highest BCUT2D eigenvalue weighted by molar-refractivity contribution is 5.26. The number of aryl methyl sites for hydroxylation is 1. The summed E-state index contributed by atoms with van der Waals surface area (Å²) in [6, 6.07) is 1.97. The molecular formula is C13H19NO. The quantitative estimate of drug-likeness (QED) is 0.823. The van der Waals surface area contributed by atoms with Crippen molar-refractivity contribution in [3.8, 4) is 0 Å². The summed E-state index contributed by atoms with van der Waals surface area (Å²) in [5.41, 5.74) is 2.29. The Hall–Kier alpha value is -0.890. The van der Waals surface area contributed by atoms with Crippen molar-refractivity contribution in [2.45, 2.75) is 45.1 Å². The predicted molar refractivity (Wildman–Crippen MR) is 60.5 cm³/mol. The highest BCUT2D eigenvalue weighted by Gasteiger charge is 2.25. The maximum atomic E-state index is 10.3. The molecule has 1 N–H and O–H groups in total. The Morgan fingerprint density at radius 2 is 2.20 bits per heavy atom. The minimum absolute atomic E-state index is 0.273. The molecule has 0 saturated heterocycles. The second-order valence-electron chi connectivity index (χ2n) is 4.42. The zero-order valence-corrected chi connectivity index (χ0v) is 9.32. The van der Waals surface area contributed by atoms with Gasteiger partial charge < -0.3 is 5.11 Å². The van der Waals surface area contributed by atoms with E-state index in [0.29, 0.717) is 5.92 Å². The van der Waals surface area contributed by atoms with Crippen molar-refractivity contribution in [1.82, 2.24) is 4.98 Å². The molecule has 1 aliphatic carbocycles. The molecule has 1 saturated carbocycles. The van der Waals surface area contributed by atoms with Crippen LogP contribution in [0.25, 0.3) is 0 Å². The van der Waals surface area contributed by atoms with Crippen LogP contribution in [0.15, 0.2) is 18.5 Å². The van der Waals surface area contributed by atoms with Gasteiger partial charge >= 0.3 is 0 Å². The first-order valence-electron chi connectivity index (χ1n) is 5.93. The largest absolute Gasteiger partial charge is 0.388 e. The van der Waals surface area contributed by atoms with Crippen LogP contribution in [0.2, 0.25) is 0 Å². The molecule has 1 heterocycles.